The summed E-state index contributed by atoms with van der Waals surface area (Å²) in [5, 5.41) is 3.97. The lowest BCUT2D eigenvalue weighted by molar-refractivity contribution is -0.118. The van der Waals surface area contributed by atoms with Gasteiger partial charge in [-0.15, -0.1) is 0 Å². The van der Waals surface area contributed by atoms with Crippen molar-refractivity contribution in [2.45, 2.75) is 18.8 Å². The first-order chi connectivity index (χ1) is 7.05. The number of hydrogen-bond acceptors (Lipinski definition) is 1. The Labute approximate surface area is 97.6 Å². The second-order valence-corrected chi connectivity index (χ2v) is 5.18. The van der Waals surface area contributed by atoms with Crippen LogP contribution in [0, 0.1) is 5.92 Å². The Balaban J connectivity index is 2.26. The van der Waals surface area contributed by atoms with E-state index in [0.717, 1.165) is 17.7 Å². The lowest BCUT2D eigenvalue weighted by Crippen LogP contribution is -2.20. The summed E-state index contributed by atoms with van der Waals surface area (Å²) in [6, 6.07) is 3.51. The number of halogens is 2. The van der Waals surface area contributed by atoms with E-state index in [0.29, 0.717) is 16.0 Å². The molecule has 1 N–H and O–H groups in total. The summed E-state index contributed by atoms with van der Waals surface area (Å²) in [5.74, 6) is 0.447. The lowest BCUT2D eigenvalue weighted by Gasteiger charge is -2.06. The van der Waals surface area contributed by atoms with E-state index < -0.39 is 0 Å². The van der Waals surface area contributed by atoms with Gasteiger partial charge in [0.15, 0.2) is 0 Å². The number of carbonyl (C=O) groups is 1. The molecule has 1 spiro atoms. The van der Waals surface area contributed by atoms with E-state index in [1.54, 1.807) is 6.07 Å². The van der Waals surface area contributed by atoms with Crippen LogP contribution in [0.3, 0.4) is 0 Å². The van der Waals surface area contributed by atoms with Crippen LogP contribution in [0.4, 0.5) is 5.69 Å². The van der Waals surface area contributed by atoms with Crippen LogP contribution < -0.4 is 5.32 Å². The molecule has 2 nitrogen and oxygen atoms in total. The summed E-state index contributed by atoms with van der Waals surface area (Å²) in [7, 11) is 0. The van der Waals surface area contributed by atoms with E-state index in [2.05, 4.69) is 12.2 Å². The Morgan fingerprint density at radius 3 is 2.73 bits per heavy atom. The molecule has 0 radical (unpaired) electrons. The Kier molecular flexibility index (Phi) is 1.70. The number of rotatable bonds is 0. The molecule has 1 amide bonds. The first kappa shape index (κ1) is 9.49. The maximum Gasteiger partial charge on any atom is 0.235 e. The highest BCUT2D eigenvalue weighted by Gasteiger charge is 2.62. The Morgan fingerprint density at radius 1 is 1.47 bits per heavy atom. The first-order valence-electron chi connectivity index (χ1n) is 4.86. The molecule has 1 aromatic rings. The normalized spacial score (nSPS) is 31.7. The first-order valence-corrected chi connectivity index (χ1v) is 5.62. The largest absolute Gasteiger partial charge is 0.324 e. The van der Waals surface area contributed by atoms with Crippen LogP contribution in [0.25, 0.3) is 0 Å². The van der Waals surface area contributed by atoms with Gasteiger partial charge in [-0.3, -0.25) is 4.79 Å². The summed E-state index contributed by atoms with van der Waals surface area (Å²) in [5.41, 5.74) is 1.37. The smallest absolute Gasteiger partial charge is 0.235 e. The second-order valence-electron chi connectivity index (χ2n) is 4.34. The zero-order valence-electron chi connectivity index (χ0n) is 8.10. The highest BCUT2D eigenvalue weighted by Crippen LogP contribution is 2.61. The Morgan fingerprint density at radius 2 is 2.13 bits per heavy atom. The highest BCUT2D eigenvalue weighted by atomic mass is 35.5. The van der Waals surface area contributed by atoms with E-state index in [1.165, 1.54) is 0 Å². The number of anilines is 1. The molecule has 1 aliphatic heterocycles. The van der Waals surface area contributed by atoms with Crippen molar-refractivity contribution in [1.29, 1.82) is 0 Å². The van der Waals surface area contributed by atoms with E-state index in [1.807, 2.05) is 6.07 Å². The minimum atomic E-state index is -0.343. The van der Waals surface area contributed by atoms with E-state index in [4.69, 9.17) is 23.2 Å². The zero-order chi connectivity index (χ0) is 10.8. The van der Waals surface area contributed by atoms with Crippen molar-refractivity contribution in [3.8, 4) is 0 Å². The third-order valence-corrected chi connectivity index (χ3v) is 4.00. The average molecular weight is 242 g/mol. The van der Waals surface area contributed by atoms with Crippen molar-refractivity contribution in [2.75, 3.05) is 5.32 Å². The van der Waals surface area contributed by atoms with Crippen LogP contribution >= 0.6 is 23.2 Å². The van der Waals surface area contributed by atoms with E-state index >= 15 is 0 Å². The monoisotopic (exact) mass is 241 g/mol. The quantitative estimate of drug-likeness (QED) is 0.743. The molecule has 0 saturated heterocycles. The van der Waals surface area contributed by atoms with Gasteiger partial charge in [-0.1, -0.05) is 30.1 Å². The molecule has 1 aliphatic carbocycles. The molecule has 0 aromatic heterocycles. The van der Waals surface area contributed by atoms with Crippen molar-refractivity contribution in [3.63, 3.8) is 0 Å². The van der Waals surface area contributed by atoms with Crippen molar-refractivity contribution in [1.82, 2.24) is 0 Å². The molecule has 2 aliphatic rings. The van der Waals surface area contributed by atoms with Crippen LogP contribution in [-0.2, 0) is 10.2 Å². The van der Waals surface area contributed by atoms with Gasteiger partial charge in [-0.2, -0.15) is 0 Å². The summed E-state index contributed by atoms with van der Waals surface area (Å²) >= 11 is 12.0. The van der Waals surface area contributed by atoms with Crippen LogP contribution in [-0.4, -0.2) is 5.91 Å². The molecule has 1 fully saturated rings. The maximum atomic E-state index is 11.9. The Bertz CT molecular complexity index is 486. The van der Waals surface area contributed by atoms with Gasteiger partial charge in [0.25, 0.3) is 0 Å². The number of carbonyl (C=O) groups excluding carboxylic acids is 1. The molecule has 3 rings (SSSR count). The third kappa shape index (κ3) is 1.04. The molecular formula is C11H9Cl2NO. The average Bonchev–Trinajstić information content (AvgIpc) is 2.74. The molecule has 1 heterocycles. The number of amides is 1. The predicted molar refractivity (Wildman–Crippen MR) is 60.6 cm³/mol. The highest BCUT2D eigenvalue weighted by molar-refractivity contribution is 6.38. The molecule has 15 heavy (non-hydrogen) atoms. The van der Waals surface area contributed by atoms with Crippen molar-refractivity contribution < 1.29 is 4.79 Å². The van der Waals surface area contributed by atoms with Gasteiger partial charge in [0, 0.05) is 5.02 Å². The van der Waals surface area contributed by atoms with Gasteiger partial charge in [0.05, 0.1) is 16.1 Å². The fourth-order valence-electron chi connectivity index (χ4n) is 2.52. The minimum Gasteiger partial charge on any atom is -0.324 e. The molecule has 78 valence electrons. The van der Waals surface area contributed by atoms with Gasteiger partial charge in [0.1, 0.15) is 0 Å². The zero-order valence-corrected chi connectivity index (χ0v) is 9.62. The number of fused-ring (bicyclic) bond motifs is 2. The lowest BCUT2D eigenvalue weighted by atomic mass is 9.95. The number of nitrogens with one attached hydrogen (secondary N) is 1. The van der Waals surface area contributed by atoms with Crippen LogP contribution in [0.15, 0.2) is 12.1 Å². The van der Waals surface area contributed by atoms with Gasteiger partial charge >= 0.3 is 0 Å². The Hall–Kier alpha value is -0.730. The fourth-order valence-corrected chi connectivity index (χ4v) is 3.06. The summed E-state index contributed by atoms with van der Waals surface area (Å²) in [6.07, 6.45) is 0.891. The molecule has 2 atom stereocenters. The summed E-state index contributed by atoms with van der Waals surface area (Å²) in [6.45, 7) is 2.07. The van der Waals surface area contributed by atoms with E-state index in [-0.39, 0.29) is 11.3 Å². The van der Waals surface area contributed by atoms with Gasteiger partial charge in [-0.05, 0) is 30.0 Å². The predicted octanol–water partition coefficient (Wildman–Crippen LogP) is 3.22. The molecule has 4 heteroatoms. The maximum absolute atomic E-state index is 11.9. The van der Waals surface area contributed by atoms with E-state index in [9.17, 15) is 4.79 Å². The van der Waals surface area contributed by atoms with Gasteiger partial charge in [-0.25, -0.2) is 0 Å². The minimum absolute atomic E-state index is 0.0640. The van der Waals surface area contributed by atoms with Crippen LogP contribution in [0.2, 0.25) is 10.0 Å². The van der Waals surface area contributed by atoms with Crippen LogP contribution in [0.5, 0.6) is 0 Å². The third-order valence-electron chi connectivity index (χ3n) is 3.49. The molecular weight excluding hydrogens is 233 g/mol. The SMILES string of the molecule is CC1CC12C(=O)Nc1c(Cl)cc(Cl)cc12. The van der Waals surface area contributed by atoms with Crippen LogP contribution in [0.1, 0.15) is 18.9 Å². The van der Waals surface area contributed by atoms with Gasteiger partial charge < -0.3 is 5.32 Å². The van der Waals surface area contributed by atoms with Crippen molar-refractivity contribution in [2.24, 2.45) is 5.92 Å². The molecule has 0 bridgehead atoms. The number of hydrogen-bond donors (Lipinski definition) is 1. The number of benzene rings is 1. The fraction of sp³-hybridized carbons (Fsp3) is 0.364. The molecule has 2 unspecified atom stereocenters. The second kappa shape index (κ2) is 2.69. The summed E-state index contributed by atoms with van der Waals surface area (Å²) < 4.78 is 0. The topological polar surface area (TPSA) is 29.1 Å². The van der Waals surface area contributed by atoms with Crippen molar-refractivity contribution in [3.05, 3.63) is 27.7 Å². The van der Waals surface area contributed by atoms with Crippen molar-refractivity contribution >= 4 is 34.8 Å². The van der Waals surface area contributed by atoms with Gasteiger partial charge in [0.2, 0.25) is 5.91 Å². The molecule has 1 saturated carbocycles. The standard InChI is InChI=1S/C11H9Cl2NO/c1-5-4-11(5)7-2-6(12)3-8(13)9(7)14-10(11)15/h2-3,5H,4H2,1H3,(H,14,15). The molecule has 1 aromatic carbocycles. The summed E-state index contributed by atoms with van der Waals surface area (Å²) in [4.78, 5) is 11.9.